The number of halogens is 1. The summed E-state index contributed by atoms with van der Waals surface area (Å²) in [6.07, 6.45) is 0. The molecule has 28 heavy (non-hydrogen) atoms. The lowest BCUT2D eigenvalue weighted by Gasteiger charge is -2.12. The van der Waals surface area contributed by atoms with Gasteiger partial charge in [0.2, 0.25) is 10.0 Å². The summed E-state index contributed by atoms with van der Waals surface area (Å²) in [6, 6.07) is 12.9. The second-order valence-corrected chi connectivity index (χ2v) is 7.71. The summed E-state index contributed by atoms with van der Waals surface area (Å²) in [5.41, 5.74) is 1.70. The average molecular weight is 408 g/mol. The van der Waals surface area contributed by atoms with Crippen molar-refractivity contribution in [3.8, 4) is 0 Å². The minimum atomic E-state index is -3.55. The molecule has 0 spiro atoms. The Morgan fingerprint density at radius 2 is 1.75 bits per heavy atom. The van der Waals surface area contributed by atoms with Crippen molar-refractivity contribution in [2.45, 2.75) is 18.0 Å². The van der Waals surface area contributed by atoms with Crippen molar-refractivity contribution in [3.63, 3.8) is 0 Å². The first-order chi connectivity index (χ1) is 13.4. The maximum atomic E-state index is 13.2. The molecular weight excluding hydrogens is 383 g/mol. The number of hydrogen-bond donors (Lipinski definition) is 3. The highest BCUT2D eigenvalue weighted by atomic mass is 32.2. The van der Waals surface area contributed by atoms with Gasteiger partial charge in [-0.05, 0) is 35.4 Å². The van der Waals surface area contributed by atoms with Crippen LogP contribution in [0.3, 0.4) is 0 Å². The maximum absolute atomic E-state index is 13.2. The lowest BCUT2D eigenvalue weighted by atomic mass is 10.2. The molecule has 0 aromatic heterocycles. The molecule has 3 N–H and O–H groups in total. The molecule has 0 aliphatic carbocycles. The number of sulfonamides is 1. The molecule has 0 unspecified atom stereocenters. The number of rotatable bonds is 9. The molecule has 0 fully saturated rings. The number of benzene rings is 2. The number of methoxy groups -OCH3 is 1. The molecule has 0 radical (unpaired) electrons. The largest absolute Gasteiger partial charge is 0.383 e. The molecule has 0 bridgehead atoms. The Balaban J connectivity index is 1.87. The fourth-order valence-corrected chi connectivity index (χ4v) is 3.40. The number of aliphatic imine (C=N–C) groups is 1. The van der Waals surface area contributed by atoms with Crippen LogP contribution in [0.4, 0.5) is 4.39 Å². The number of guanidine groups is 1. The van der Waals surface area contributed by atoms with Gasteiger partial charge >= 0.3 is 0 Å². The van der Waals surface area contributed by atoms with Crippen molar-refractivity contribution in [1.29, 1.82) is 0 Å². The molecule has 0 saturated carbocycles. The smallest absolute Gasteiger partial charge is 0.240 e. The van der Waals surface area contributed by atoms with Crippen molar-refractivity contribution in [3.05, 3.63) is 65.5 Å². The van der Waals surface area contributed by atoms with Crippen LogP contribution in [0.5, 0.6) is 0 Å². The van der Waals surface area contributed by atoms with Crippen LogP contribution >= 0.6 is 0 Å². The molecule has 0 aliphatic rings. The Hall–Kier alpha value is -2.49. The predicted octanol–water partition coefficient (Wildman–Crippen LogP) is 1.62. The van der Waals surface area contributed by atoms with Gasteiger partial charge in [-0.2, -0.15) is 0 Å². The lowest BCUT2D eigenvalue weighted by Crippen LogP contribution is -2.36. The van der Waals surface area contributed by atoms with E-state index in [1.54, 1.807) is 37.4 Å². The highest BCUT2D eigenvalue weighted by Gasteiger charge is 2.12. The minimum Gasteiger partial charge on any atom is -0.383 e. The first-order valence-corrected chi connectivity index (χ1v) is 10.2. The van der Waals surface area contributed by atoms with Gasteiger partial charge in [-0.15, -0.1) is 0 Å². The van der Waals surface area contributed by atoms with Crippen LogP contribution in [0.1, 0.15) is 11.1 Å². The van der Waals surface area contributed by atoms with Gasteiger partial charge < -0.3 is 15.4 Å². The molecule has 0 saturated heterocycles. The van der Waals surface area contributed by atoms with E-state index in [2.05, 4.69) is 20.3 Å². The number of hydrogen-bond acceptors (Lipinski definition) is 4. The molecule has 0 aliphatic heterocycles. The summed E-state index contributed by atoms with van der Waals surface area (Å²) in [5.74, 6) is 0.274. The van der Waals surface area contributed by atoms with Gasteiger partial charge in [0.15, 0.2) is 5.96 Å². The van der Waals surface area contributed by atoms with Gasteiger partial charge in [-0.25, -0.2) is 17.5 Å². The van der Waals surface area contributed by atoms with E-state index in [0.29, 0.717) is 25.7 Å². The first-order valence-electron chi connectivity index (χ1n) is 8.71. The number of nitrogens with zero attached hydrogens (tertiary/aromatic N) is 1. The second-order valence-electron chi connectivity index (χ2n) is 5.94. The summed E-state index contributed by atoms with van der Waals surface area (Å²) >= 11 is 0. The highest BCUT2D eigenvalue weighted by Crippen LogP contribution is 2.10. The third-order valence-electron chi connectivity index (χ3n) is 3.86. The molecular formula is C19H25FN4O3S. The summed E-state index contributed by atoms with van der Waals surface area (Å²) in [4.78, 5) is 4.32. The zero-order chi connectivity index (χ0) is 20.4. The molecule has 0 atom stereocenters. The molecule has 0 heterocycles. The topological polar surface area (TPSA) is 91.8 Å². The minimum absolute atomic E-state index is 0.195. The van der Waals surface area contributed by atoms with E-state index < -0.39 is 10.0 Å². The third kappa shape index (κ3) is 6.91. The van der Waals surface area contributed by atoms with Crippen LogP contribution in [-0.4, -0.2) is 41.7 Å². The van der Waals surface area contributed by atoms with Crippen LogP contribution in [0.2, 0.25) is 0 Å². The molecule has 2 aromatic rings. The molecule has 2 rings (SSSR count). The Kier molecular flexibility index (Phi) is 8.37. The molecule has 2 aromatic carbocycles. The van der Waals surface area contributed by atoms with Crippen LogP contribution in [0.25, 0.3) is 0 Å². The SMILES string of the molecule is CN=C(NCc1ccc(S(=O)(=O)NCCOC)cc1)NCc1cccc(F)c1. The average Bonchev–Trinajstić information content (AvgIpc) is 2.68. The molecule has 0 amide bonds. The fraction of sp³-hybridized carbons (Fsp3) is 0.316. The normalized spacial score (nSPS) is 12.0. The Morgan fingerprint density at radius 3 is 2.36 bits per heavy atom. The van der Waals surface area contributed by atoms with Gasteiger partial charge in [0, 0.05) is 33.8 Å². The number of ether oxygens (including phenoxy) is 1. The summed E-state index contributed by atoms with van der Waals surface area (Å²) < 4.78 is 44.8. The lowest BCUT2D eigenvalue weighted by molar-refractivity contribution is 0.204. The summed E-state index contributed by atoms with van der Waals surface area (Å²) in [5, 5.41) is 6.24. The summed E-state index contributed by atoms with van der Waals surface area (Å²) in [7, 11) is -0.393. The first kappa shape index (κ1) is 21.8. The third-order valence-corrected chi connectivity index (χ3v) is 5.34. The van der Waals surface area contributed by atoms with Crippen LogP contribution in [-0.2, 0) is 27.8 Å². The van der Waals surface area contributed by atoms with Crippen molar-refractivity contribution in [2.24, 2.45) is 4.99 Å². The molecule has 9 heteroatoms. The quantitative estimate of drug-likeness (QED) is 0.333. The van der Waals surface area contributed by atoms with Gasteiger partial charge in [-0.1, -0.05) is 24.3 Å². The monoisotopic (exact) mass is 408 g/mol. The van der Waals surface area contributed by atoms with E-state index in [0.717, 1.165) is 11.1 Å². The van der Waals surface area contributed by atoms with E-state index in [9.17, 15) is 12.8 Å². The van der Waals surface area contributed by atoms with Crippen LogP contribution in [0, 0.1) is 5.82 Å². The molecule has 7 nitrogen and oxygen atoms in total. The van der Waals surface area contributed by atoms with E-state index in [1.807, 2.05) is 6.07 Å². The highest BCUT2D eigenvalue weighted by molar-refractivity contribution is 7.89. The Morgan fingerprint density at radius 1 is 1.07 bits per heavy atom. The van der Waals surface area contributed by atoms with Crippen LogP contribution in [0.15, 0.2) is 58.4 Å². The zero-order valence-electron chi connectivity index (χ0n) is 15.9. The zero-order valence-corrected chi connectivity index (χ0v) is 16.7. The second kappa shape index (κ2) is 10.7. The van der Waals surface area contributed by atoms with Crippen molar-refractivity contribution in [2.75, 3.05) is 27.3 Å². The van der Waals surface area contributed by atoms with Crippen molar-refractivity contribution < 1.29 is 17.5 Å². The Labute approximate surface area is 165 Å². The van der Waals surface area contributed by atoms with E-state index in [1.165, 1.54) is 19.2 Å². The predicted molar refractivity (Wildman–Crippen MR) is 107 cm³/mol. The summed E-state index contributed by atoms with van der Waals surface area (Å²) in [6.45, 7) is 1.42. The van der Waals surface area contributed by atoms with Crippen molar-refractivity contribution in [1.82, 2.24) is 15.4 Å². The standard InChI is InChI=1S/C19H25FN4O3S/c1-21-19(23-14-16-4-3-5-17(20)12-16)22-13-15-6-8-18(9-7-15)28(25,26)24-10-11-27-2/h3-9,12,24H,10-11,13-14H2,1-2H3,(H2,21,22,23). The maximum Gasteiger partial charge on any atom is 0.240 e. The van der Waals surface area contributed by atoms with Crippen LogP contribution < -0.4 is 15.4 Å². The van der Waals surface area contributed by atoms with Gasteiger partial charge in [0.1, 0.15) is 5.82 Å². The Bertz CT molecular complexity index is 886. The molecule has 152 valence electrons. The fourth-order valence-electron chi connectivity index (χ4n) is 2.39. The van der Waals surface area contributed by atoms with E-state index >= 15 is 0 Å². The van der Waals surface area contributed by atoms with Gasteiger partial charge in [0.25, 0.3) is 0 Å². The number of nitrogens with one attached hydrogen (secondary N) is 3. The van der Waals surface area contributed by atoms with Crippen molar-refractivity contribution >= 4 is 16.0 Å². The van der Waals surface area contributed by atoms with E-state index in [-0.39, 0.29) is 17.3 Å². The van der Waals surface area contributed by atoms with Gasteiger partial charge in [0.05, 0.1) is 11.5 Å². The van der Waals surface area contributed by atoms with E-state index in [4.69, 9.17) is 4.74 Å². The van der Waals surface area contributed by atoms with Gasteiger partial charge in [-0.3, -0.25) is 4.99 Å².